The van der Waals surface area contributed by atoms with Crippen LogP contribution in [-0.2, 0) is 19.1 Å². The molecule has 0 heterocycles. The maximum atomic E-state index is 11.7. The van der Waals surface area contributed by atoms with Crippen LogP contribution < -0.4 is 5.73 Å². The number of rotatable bonds is 7. The van der Waals surface area contributed by atoms with Gasteiger partial charge in [-0.25, -0.2) is 4.79 Å². The van der Waals surface area contributed by atoms with Crippen LogP contribution in [0.1, 0.15) is 39.5 Å². The molecule has 1 aliphatic carbocycles. The van der Waals surface area contributed by atoms with Crippen molar-refractivity contribution < 1.29 is 34.1 Å². The van der Waals surface area contributed by atoms with E-state index in [1.165, 1.54) is 6.92 Å². The Morgan fingerprint density at radius 1 is 1.22 bits per heavy atom. The Hall–Kier alpha value is -2.37. The zero-order valence-electron chi connectivity index (χ0n) is 12.7. The highest BCUT2D eigenvalue weighted by Crippen LogP contribution is 2.36. The van der Waals surface area contributed by atoms with Gasteiger partial charge in [-0.05, 0) is 32.6 Å². The Labute approximate surface area is 131 Å². The molecular weight excluding hydrogens is 318 g/mol. The summed E-state index contributed by atoms with van der Waals surface area (Å²) in [4.78, 5) is 41.0. The molecule has 1 aliphatic rings. The first-order valence-electron chi connectivity index (χ1n) is 6.92. The lowest BCUT2D eigenvalue weighted by molar-refractivity contribution is -0.797. The number of carbonyl (C=O) groups is 1. The normalized spacial score (nSPS) is 24.7. The van der Waals surface area contributed by atoms with E-state index in [0.717, 1.165) is 6.92 Å². The molecule has 2 atom stereocenters. The molecule has 2 unspecified atom stereocenters. The highest BCUT2D eigenvalue weighted by atomic mass is 17.0. The van der Waals surface area contributed by atoms with Crippen LogP contribution in [0.25, 0.3) is 0 Å². The van der Waals surface area contributed by atoms with Gasteiger partial charge < -0.3 is 15.2 Å². The third kappa shape index (κ3) is 6.10. The largest absolute Gasteiger partial charge is 0.512 e. The van der Waals surface area contributed by atoms with Crippen LogP contribution in [0.5, 0.6) is 0 Å². The molecule has 0 aromatic rings. The summed E-state index contributed by atoms with van der Waals surface area (Å²) in [6.45, 7) is 2.33. The fourth-order valence-corrected chi connectivity index (χ4v) is 2.44. The Balaban J connectivity index is 2.71. The van der Waals surface area contributed by atoms with Gasteiger partial charge in [0.25, 0.3) is 16.0 Å². The van der Waals surface area contributed by atoms with Crippen molar-refractivity contribution in [1.29, 1.82) is 0 Å². The second kappa shape index (κ2) is 7.76. The number of ether oxygens (including phenoxy) is 2. The van der Waals surface area contributed by atoms with E-state index in [0.29, 0.717) is 25.7 Å². The molecular formula is C11H19N3O9. The monoisotopic (exact) mass is 337 g/mol. The summed E-state index contributed by atoms with van der Waals surface area (Å²) in [7, 11) is 0. The van der Waals surface area contributed by atoms with E-state index in [4.69, 9.17) is 10.5 Å². The minimum Gasteiger partial charge on any atom is -0.404 e. The number of hydrogen-bond acceptors (Lipinski definition) is 10. The van der Waals surface area contributed by atoms with Crippen molar-refractivity contribution in [3.8, 4) is 0 Å². The Bertz CT molecular complexity index is 452. The van der Waals surface area contributed by atoms with Crippen molar-refractivity contribution in [3.63, 3.8) is 0 Å². The molecule has 23 heavy (non-hydrogen) atoms. The van der Waals surface area contributed by atoms with Gasteiger partial charge >= 0.3 is 6.16 Å². The number of nitrogens with zero attached hydrogens (tertiary/aromatic N) is 2. The van der Waals surface area contributed by atoms with Crippen LogP contribution in [0.15, 0.2) is 0 Å². The minimum atomic E-state index is -1.88. The summed E-state index contributed by atoms with van der Waals surface area (Å²) in [6.07, 6.45) is -0.795. The SMILES string of the molecule is CC(OC(=O)OC(C)(O[N+](=O)[O-])C1CCC(N)CC1)O[N+](=O)[O-]. The van der Waals surface area contributed by atoms with Crippen LogP contribution in [0.4, 0.5) is 4.79 Å². The molecule has 1 fully saturated rings. The molecule has 0 aliphatic heterocycles. The Morgan fingerprint density at radius 2 is 1.78 bits per heavy atom. The zero-order chi connectivity index (χ0) is 17.6. The van der Waals surface area contributed by atoms with E-state index in [1.54, 1.807) is 0 Å². The predicted molar refractivity (Wildman–Crippen MR) is 71.5 cm³/mol. The highest BCUT2D eigenvalue weighted by Gasteiger charge is 2.44. The van der Waals surface area contributed by atoms with Crippen molar-refractivity contribution in [2.75, 3.05) is 0 Å². The number of nitrogens with two attached hydrogens (primary N) is 1. The first-order valence-corrected chi connectivity index (χ1v) is 6.92. The topological polar surface area (TPSA) is 166 Å². The Morgan fingerprint density at radius 3 is 2.26 bits per heavy atom. The lowest BCUT2D eigenvalue weighted by Gasteiger charge is -2.37. The molecule has 2 N–H and O–H groups in total. The average Bonchev–Trinajstić information content (AvgIpc) is 2.36. The van der Waals surface area contributed by atoms with Gasteiger partial charge in [-0.2, -0.15) is 0 Å². The van der Waals surface area contributed by atoms with Crippen molar-refractivity contribution in [2.45, 2.75) is 57.6 Å². The summed E-state index contributed by atoms with van der Waals surface area (Å²) < 4.78 is 9.41. The van der Waals surface area contributed by atoms with Crippen LogP contribution in [0.2, 0.25) is 0 Å². The maximum absolute atomic E-state index is 11.7. The van der Waals surface area contributed by atoms with Crippen LogP contribution in [0, 0.1) is 26.1 Å². The standard InChI is InChI=1S/C11H19N3O9/c1-7(22-13(16)17)20-10(15)21-11(2,23-14(18)19)8-3-5-9(12)6-4-8/h7-9H,3-6,12H2,1-2H3. The molecule has 0 saturated heterocycles. The van der Waals surface area contributed by atoms with Gasteiger partial charge in [0.1, 0.15) is 0 Å². The lowest BCUT2D eigenvalue weighted by Crippen LogP contribution is -2.47. The van der Waals surface area contributed by atoms with Crippen molar-refractivity contribution in [3.05, 3.63) is 20.2 Å². The summed E-state index contributed by atoms with van der Waals surface area (Å²) in [5.74, 6) is -2.35. The molecule has 0 spiro atoms. The quantitative estimate of drug-likeness (QED) is 0.308. The molecule has 12 nitrogen and oxygen atoms in total. The lowest BCUT2D eigenvalue weighted by atomic mass is 9.81. The van der Waals surface area contributed by atoms with E-state index in [-0.39, 0.29) is 6.04 Å². The molecule has 12 heteroatoms. The molecule has 1 saturated carbocycles. The number of hydrogen-bond donors (Lipinski definition) is 1. The zero-order valence-corrected chi connectivity index (χ0v) is 12.7. The van der Waals surface area contributed by atoms with E-state index in [9.17, 15) is 25.0 Å². The second-order valence-corrected chi connectivity index (χ2v) is 5.31. The van der Waals surface area contributed by atoms with Gasteiger partial charge in [-0.1, -0.05) is 0 Å². The van der Waals surface area contributed by atoms with Crippen molar-refractivity contribution >= 4 is 6.16 Å². The fourth-order valence-electron chi connectivity index (χ4n) is 2.44. The van der Waals surface area contributed by atoms with Gasteiger partial charge in [0.05, 0.1) is 0 Å². The predicted octanol–water partition coefficient (Wildman–Crippen LogP) is 1.14. The third-order valence-corrected chi connectivity index (χ3v) is 3.55. The van der Waals surface area contributed by atoms with E-state index in [2.05, 4.69) is 14.4 Å². The first kappa shape index (κ1) is 18.7. The average molecular weight is 337 g/mol. The summed E-state index contributed by atoms with van der Waals surface area (Å²) in [5, 5.41) is 18.6. The molecule has 132 valence electrons. The summed E-state index contributed by atoms with van der Waals surface area (Å²) in [6, 6.07) is -0.0217. The van der Waals surface area contributed by atoms with E-state index >= 15 is 0 Å². The van der Waals surface area contributed by atoms with Gasteiger partial charge in [0.2, 0.25) is 6.29 Å². The molecule has 0 aromatic carbocycles. The fraction of sp³-hybridized carbons (Fsp3) is 0.909. The van der Waals surface area contributed by atoms with Gasteiger partial charge in [0, 0.05) is 18.9 Å². The van der Waals surface area contributed by atoms with Crippen LogP contribution in [0.3, 0.4) is 0 Å². The van der Waals surface area contributed by atoms with Gasteiger partial charge in [-0.3, -0.25) is 9.68 Å². The molecule has 1 rings (SSSR count). The molecule has 0 bridgehead atoms. The Kier molecular flexibility index (Phi) is 6.30. The van der Waals surface area contributed by atoms with Gasteiger partial charge in [-0.15, -0.1) is 20.2 Å². The number of carbonyl (C=O) groups excluding carboxylic acids is 1. The third-order valence-electron chi connectivity index (χ3n) is 3.55. The van der Waals surface area contributed by atoms with E-state index in [1.807, 2.05) is 0 Å². The summed E-state index contributed by atoms with van der Waals surface area (Å²) >= 11 is 0. The molecule has 0 radical (unpaired) electrons. The van der Waals surface area contributed by atoms with Gasteiger partial charge in [0.15, 0.2) is 0 Å². The van der Waals surface area contributed by atoms with Crippen LogP contribution >= 0.6 is 0 Å². The molecule has 0 aromatic heterocycles. The summed E-state index contributed by atoms with van der Waals surface area (Å²) in [5.41, 5.74) is 5.77. The smallest absolute Gasteiger partial charge is 0.404 e. The van der Waals surface area contributed by atoms with E-state index < -0.39 is 34.3 Å². The van der Waals surface area contributed by atoms with Crippen molar-refractivity contribution in [2.24, 2.45) is 11.7 Å². The maximum Gasteiger partial charge on any atom is 0.512 e. The highest BCUT2D eigenvalue weighted by molar-refractivity contribution is 5.60. The second-order valence-electron chi connectivity index (χ2n) is 5.31. The molecule has 0 amide bonds. The van der Waals surface area contributed by atoms with Crippen molar-refractivity contribution in [1.82, 2.24) is 0 Å². The van der Waals surface area contributed by atoms with Crippen LogP contribution in [-0.4, -0.2) is 34.4 Å². The minimum absolute atomic E-state index is 0.0217. The first-order chi connectivity index (χ1) is 10.6.